The molecule has 22 heavy (non-hydrogen) atoms. The van der Waals surface area contributed by atoms with Crippen molar-refractivity contribution in [3.63, 3.8) is 0 Å². The van der Waals surface area contributed by atoms with E-state index in [0.29, 0.717) is 18.0 Å². The zero-order valence-corrected chi connectivity index (χ0v) is 14.9. The van der Waals surface area contributed by atoms with Crippen LogP contribution in [-0.2, 0) is 9.30 Å². The van der Waals surface area contributed by atoms with E-state index in [1.165, 1.54) is 4.67 Å². The van der Waals surface area contributed by atoms with Gasteiger partial charge in [-0.15, -0.1) is 0 Å². The average Bonchev–Trinajstić information content (AvgIpc) is 2.52. The Balaban J connectivity index is 3.18. The van der Waals surface area contributed by atoms with Gasteiger partial charge in [-0.1, -0.05) is 44.9 Å². The molecule has 1 aromatic rings. The summed E-state index contributed by atoms with van der Waals surface area (Å²) in [4.78, 5) is 12.4. The van der Waals surface area contributed by atoms with Gasteiger partial charge in [-0.2, -0.15) is 0 Å². The maximum Gasteiger partial charge on any atom is 0.419 e. The Morgan fingerprint density at radius 2 is 1.59 bits per heavy atom. The molecular formula is C17H28NO3P. The Hall–Kier alpha value is -1.28. The largest absolute Gasteiger partial charge is 0.449 e. The van der Waals surface area contributed by atoms with Crippen LogP contribution in [0.3, 0.4) is 0 Å². The average molecular weight is 325 g/mol. The zero-order chi connectivity index (χ0) is 16.4. The molecule has 1 aromatic carbocycles. The Kier molecular flexibility index (Phi) is 8.26. The highest BCUT2D eigenvalue weighted by Crippen LogP contribution is 2.53. The smallest absolute Gasteiger partial charge is 0.419 e. The molecule has 0 aliphatic heterocycles. The molecule has 0 N–H and O–H groups in total. The second-order valence-corrected chi connectivity index (χ2v) is 8.33. The molecule has 0 fully saturated rings. The van der Waals surface area contributed by atoms with Crippen LogP contribution in [-0.4, -0.2) is 25.0 Å². The second-order valence-electron chi connectivity index (χ2n) is 5.35. The number of benzene rings is 1. The fraction of sp³-hybridized carbons (Fsp3) is 0.588. The lowest BCUT2D eigenvalue weighted by molar-refractivity contribution is 0.164. The molecule has 1 rings (SSSR count). The van der Waals surface area contributed by atoms with Gasteiger partial charge in [0.15, 0.2) is 7.29 Å². The molecular weight excluding hydrogens is 297 g/mol. The molecule has 1 amide bonds. The van der Waals surface area contributed by atoms with E-state index in [1.54, 1.807) is 6.92 Å². The first-order valence-corrected chi connectivity index (χ1v) is 10.2. The Morgan fingerprint density at radius 1 is 1.05 bits per heavy atom. The zero-order valence-electron chi connectivity index (χ0n) is 14.0. The number of carbonyl (C=O) groups is 1. The normalized spacial score (nSPS) is 11.2. The number of nitrogens with zero attached hydrogens (tertiary/aromatic N) is 1. The minimum Gasteiger partial charge on any atom is -0.449 e. The minimum atomic E-state index is -2.81. The molecule has 0 aliphatic rings. The van der Waals surface area contributed by atoms with Crippen LogP contribution in [0.2, 0.25) is 0 Å². The molecule has 0 heterocycles. The third kappa shape index (κ3) is 5.17. The van der Waals surface area contributed by atoms with Crippen LogP contribution < -0.4 is 4.67 Å². The number of unbranched alkanes of at least 4 members (excludes halogenated alkanes) is 2. The molecule has 0 aromatic heterocycles. The van der Waals surface area contributed by atoms with Crippen LogP contribution in [0.4, 0.5) is 10.5 Å². The predicted molar refractivity (Wildman–Crippen MR) is 93.1 cm³/mol. The summed E-state index contributed by atoms with van der Waals surface area (Å²) in [6.07, 6.45) is 4.23. The van der Waals surface area contributed by atoms with E-state index in [0.717, 1.165) is 25.7 Å². The lowest BCUT2D eigenvalue weighted by Crippen LogP contribution is -2.31. The van der Waals surface area contributed by atoms with E-state index in [-0.39, 0.29) is 6.61 Å². The van der Waals surface area contributed by atoms with Gasteiger partial charge in [-0.05, 0) is 31.9 Å². The van der Waals surface area contributed by atoms with E-state index in [1.807, 2.05) is 30.3 Å². The number of rotatable bonds is 9. The fourth-order valence-corrected chi connectivity index (χ4v) is 5.49. The molecule has 0 spiro atoms. The number of para-hydroxylation sites is 1. The molecule has 4 nitrogen and oxygen atoms in total. The highest BCUT2D eigenvalue weighted by atomic mass is 31.2. The standard InChI is InChI=1S/C17H28NO3P/c1-4-7-14-22(20,15-8-5-2)18(17(19)21-6-3)16-12-10-9-11-13-16/h9-13H,4-8,14-15H2,1-3H3. The molecule has 0 saturated carbocycles. The van der Waals surface area contributed by atoms with E-state index >= 15 is 0 Å². The lowest BCUT2D eigenvalue weighted by Gasteiger charge is -2.31. The van der Waals surface area contributed by atoms with Crippen molar-refractivity contribution in [3.05, 3.63) is 30.3 Å². The van der Waals surface area contributed by atoms with Crippen molar-refractivity contribution in [3.8, 4) is 0 Å². The molecule has 0 bridgehead atoms. The van der Waals surface area contributed by atoms with Crippen molar-refractivity contribution >= 4 is 19.1 Å². The SMILES string of the molecule is CCCCP(=O)(CCCC)N(C(=O)OCC)c1ccccc1. The summed E-state index contributed by atoms with van der Waals surface area (Å²) in [5.74, 6) is 0. The third-order valence-electron chi connectivity index (χ3n) is 3.53. The number of carbonyl (C=O) groups excluding carboxylic acids is 1. The van der Waals surface area contributed by atoms with Gasteiger partial charge in [0.05, 0.1) is 12.3 Å². The molecule has 0 unspecified atom stereocenters. The summed E-state index contributed by atoms with van der Waals surface area (Å²) in [7, 11) is -2.81. The van der Waals surface area contributed by atoms with Crippen LogP contribution >= 0.6 is 7.29 Å². The molecule has 0 atom stereocenters. The number of anilines is 1. The van der Waals surface area contributed by atoms with Gasteiger partial charge >= 0.3 is 6.09 Å². The summed E-state index contributed by atoms with van der Waals surface area (Å²) in [6, 6.07) is 9.23. The van der Waals surface area contributed by atoms with E-state index < -0.39 is 13.4 Å². The molecule has 5 heteroatoms. The number of amides is 1. The van der Waals surface area contributed by atoms with Crippen molar-refractivity contribution in [2.24, 2.45) is 0 Å². The second kappa shape index (κ2) is 9.68. The van der Waals surface area contributed by atoms with Crippen molar-refractivity contribution in [2.75, 3.05) is 23.6 Å². The number of hydrogen-bond acceptors (Lipinski definition) is 3. The van der Waals surface area contributed by atoms with Crippen molar-refractivity contribution in [1.29, 1.82) is 0 Å². The fourth-order valence-electron chi connectivity index (χ4n) is 2.34. The van der Waals surface area contributed by atoms with Crippen molar-refractivity contribution in [2.45, 2.75) is 46.5 Å². The van der Waals surface area contributed by atoms with E-state index in [9.17, 15) is 9.36 Å². The van der Waals surface area contributed by atoms with Gasteiger partial charge in [0, 0.05) is 12.3 Å². The number of ether oxygens (including phenoxy) is 1. The topological polar surface area (TPSA) is 46.6 Å². The van der Waals surface area contributed by atoms with Gasteiger partial charge in [0.2, 0.25) is 0 Å². The summed E-state index contributed by atoms with van der Waals surface area (Å²) in [5.41, 5.74) is 0.663. The van der Waals surface area contributed by atoms with Crippen LogP contribution in [0.1, 0.15) is 46.5 Å². The maximum atomic E-state index is 13.6. The van der Waals surface area contributed by atoms with Gasteiger partial charge in [-0.3, -0.25) is 4.57 Å². The van der Waals surface area contributed by atoms with Crippen molar-refractivity contribution in [1.82, 2.24) is 0 Å². The van der Waals surface area contributed by atoms with Crippen LogP contribution in [0.25, 0.3) is 0 Å². The summed E-state index contributed by atoms with van der Waals surface area (Å²) < 4.78 is 20.2. The van der Waals surface area contributed by atoms with Crippen LogP contribution in [0, 0.1) is 0 Å². The van der Waals surface area contributed by atoms with Crippen LogP contribution in [0.15, 0.2) is 30.3 Å². The first-order chi connectivity index (χ1) is 10.6. The molecule has 0 aliphatic carbocycles. The first kappa shape index (κ1) is 18.8. The Morgan fingerprint density at radius 3 is 2.05 bits per heavy atom. The van der Waals surface area contributed by atoms with Crippen molar-refractivity contribution < 1.29 is 14.1 Å². The van der Waals surface area contributed by atoms with Gasteiger partial charge in [-0.25, -0.2) is 9.46 Å². The monoisotopic (exact) mass is 325 g/mol. The van der Waals surface area contributed by atoms with Gasteiger partial charge < -0.3 is 4.74 Å². The molecule has 0 radical (unpaired) electrons. The predicted octanol–water partition coefficient (Wildman–Crippen LogP) is 5.53. The van der Waals surface area contributed by atoms with Gasteiger partial charge in [0.1, 0.15) is 0 Å². The summed E-state index contributed by atoms with van der Waals surface area (Å²) in [6.45, 7) is 6.19. The third-order valence-corrected chi connectivity index (χ3v) is 6.68. The summed E-state index contributed by atoms with van der Waals surface area (Å²) >= 11 is 0. The quantitative estimate of drug-likeness (QED) is 0.561. The molecule has 0 saturated heterocycles. The van der Waals surface area contributed by atoms with Gasteiger partial charge in [0.25, 0.3) is 0 Å². The minimum absolute atomic E-state index is 0.281. The highest BCUT2D eigenvalue weighted by Gasteiger charge is 2.35. The number of hydrogen-bond donors (Lipinski definition) is 0. The van der Waals surface area contributed by atoms with Crippen LogP contribution in [0.5, 0.6) is 0 Å². The molecule has 124 valence electrons. The Labute approximate surface area is 134 Å². The highest BCUT2D eigenvalue weighted by molar-refractivity contribution is 7.66. The first-order valence-electron chi connectivity index (χ1n) is 8.19. The van der Waals surface area contributed by atoms with E-state index in [2.05, 4.69) is 13.8 Å². The van der Waals surface area contributed by atoms with E-state index in [4.69, 9.17) is 4.74 Å². The maximum absolute atomic E-state index is 13.6. The lowest BCUT2D eigenvalue weighted by atomic mass is 10.3. The Bertz CT molecular complexity index is 478. The summed E-state index contributed by atoms with van der Waals surface area (Å²) in [5, 5.41) is 0.